The van der Waals surface area contributed by atoms with E-state index in [4.69, 9.17) is 18.8 Å². The van der Waals surface area contributed by atoms with Gasteiger partial charge in [0.05, 0.1) is 23.5 Å². The molecule has 0 spiro atoms. The average Bonchev–Trinajstić information content (AvgIpc) is 3.25. The number of benzene rings is 1. The first-order valence-electron chi connectivity index (χ1n) is 11.0. The van der Waals surface area contributed by atoms with Gasteiger partial charge >= 0.3 is 7.12 Å². The van der Waals surface area contributed by atoms with Crippen LogP contribution in [0.3, 0.4) is 0 Å². The van der Waals surface area contributed by atoms with Crippen LogP contribution in [0.1, 0.15) is 27.7 Å². The largest absolute Gasteiger partial charge is 0.494 e. The maximum atomic E-state index is 13.2. The molecule has 0 atom stereocenters. The zero-order valence-corrected chi connectivity index (χ0v) is 20.3. The number of aromatic nitrogens is 4. The van der Waals surface area contributed by atoms with E-state index in [-0.39, 0.29) is 0 Å². The van der Waals surface area contributed by atoms with Gasteiger partial charge in [0, 0.05) is 25.9 Å². The molecule has 11 heteroatoms. The van der Waals surface area contributed by atoms with Gasteiger partial charge in [-0.05, 0) is 57.4 Å². The summed E-state index contributed by atoms with van der Waals surface area (Å²) in [4.78, 5) is 8.20. The molecule has 0 bridgehead atoms. The van der Waals surface area contributed by atoms with Crippen LogP contribution < -0.4 is 15.5 Å². The fourth-order valence-electron chi connectivity index (χ4n) is 3.37. The van der Waals surface area contributed by atoms with E-state index in [1.54, 1.807) is 24.9 Å². The molecule has 1 saturated heterocycles. The number of rotatable bonds is 8. The average molecular weight is 469 g/mol. The standard InChI is InChI=1S/C23H29BFN5O4/c1-22(2)23(3,4)34-24(33-22)16-8-9-17(18(13-16)32-12-11-31-6)27-21-28-20(29-30(21)5)15-7-10-19(25)26-14-15/h7-10,13-14H,11-12H2,1-6H3,(H,27,28,29). The van der Waals surface area contributed by atoms with Crippen molar-refractivity contribution in [3.63, 3.8) is 0 Å². The van der Waals surface area contributed by atoms with Gasteiger partial charge in [0.1, 0.15) is 12.4 Å². The molecule has 2 aromatic heterocycles. The lowest BCUT2D eigenvalue weighted by atomic mass is 9.79. The predicted molar refractivity (Wildman–Crippen MR) is 127 cm³/mol. The fourth-order valence-corrected chi connectivity index (χ4v) is 3.37. The Morgan fingerprint density at radius 3 is 2.47 bits per heavy atom. The molecule has 0 unspecified atom stereocenters. The summed E-state index contributed by atoms with van der Waals surface area (Å²) in [5.41, 5.74) is 1.24. The molecule has 1 fully saturated rings. The van der Waals surface area contributed by atoms with E-state index in [1.807, 2.05) is 45.9 Å². The highest BCUT2D eigenvalue weighted by atomic mass is 19.1. The van der Waals surface area contributed by atoms with Crippen LogP contribution in [0, 0.1) is 5.95 Å². The van der Waals surface area contributed by atoms with Crippen LogP contribution in [0.5, 0.6) is 5.75 Å². The third kappa shape index (κ3) is 4.91. The number of hydrogen-bond acceptors (Lipinski definition) is 8. The van der Waals surface area contributed by atoms with Crippen molar-refractivity contribution in [3.8, 4) is 17.1 Å². The van der Waals surface area contributed by atoms with Crippen LogP contribution in [0.25, 0.3) is 11.4 Å². The highest BCUT2D eigenvalue weighted by Crippen LogP contribution is 2.37. The van der Waals surface area contributed by atoms with E-state index in [9.17, 15) is 4.39 Å². The van der Waals surface area contributed by atoms with Gasteiger partial charge < -0.3 is 24.1 Å². The molecule has 0 aliphatic carbocycles. The Kier molecular flexibility index (Phi) is 6.61. The Balaban J connectivity index is 1.61. The quantitative estimate of drug-likeness (QED) is 0.306. The molecule has 3 aromatic rings. The minimum absolute atomic E-state index is 0.364. The summed E-state index contributed by atoms with van der Waals surface area (Å²) >= 11 is 0. The number of pyridine rings is 1. The number of methoxy groups -OCH3 is 1. The van der Waals surface area contributed by atoms with Crippen LogP contribution in [0.4, 0.5) is 16.0 Å². The number of nitrogens with one attached hydrogen (secondary N) is 1. The summed E-state index contributed by atoms with van der Waals surface area (Å²) in [6, 6.07) is 8.56. The lowest BCUT2D eigenvalue weighted by molar-refractivity contribution is 0.00578. The van der Waals surface area contributed by atoms with E-state index in [1.165, 1.54) is 12.3 Å². The second kappa shape index (κ2) is 9.32. The molecule has 9 nitrogen and oxygen atoms in total. The van der Waals surface area contributed by atoms with Gasteiger partial charge in [-0.1, -0.05) is 6.07 Å². The van der Waals surface area contributed by atoms with Crippen molar-refractivity contribution >= 4 is 24.2 Å². The first-order valence-corrected chi connectivity index (χ1v) is 11.0. The van der Waals surface area contributed by atoms with E-state index in [0.29, 0.717) is 42.0 Å². The minimum atomic E-state index is -0.557. The number of anilines is 2. The van der Waals surface area contributed by atoms with E-state index in [2.05, 4.69) is 20.4 Å². The topological polar surface area (TPSA) is 92.6 Å². The molecule has 4 rings (SSSR count). The normalized spacial score (nSPS) is 16.6. The van der Waals surface area contributed by atoms with Gasteiger partial charge in [-0.2, -0.15) is 9.37 Å². The summed E-state index contributed by atoms with van der Waals surface area (Å²) in [7, 11) is 2.87. The van der Waals surface area contributed by atoms with Gasteiger partial charge in [0.15, 0.2) is 5.82 Å². The highest BCUT2D eigenvalue weighted by molar-refractivity contribution is 6.62. The maximum absolute atomic E-state index is 13.2. The smallest absolute Gasteiger partial charge is 0.489 e. The van der Waals surface area contributed by atoms with Crippen molar-refractivity contribution in [1.82, 2.24) is 19.7 Å². The van der Waals surface area contributed by atoms with Crippen LogP contribution >= 0.6 is 0 Å². The van der Waals surface area contributed by atoms with Gasteiger partial charge in [0.25, 0.3) is 0 Å². The Hall–Kier alpha value is -3.02. The highest BCUT2D eigenvalue weighted by Gasteiger charge is 2.51. The molecule has 180 valence electrons. The maximum Gasteiger partial charge on any atom is 0.494 e. The SMILES string of the molecule is COCCOc1cc(B2OC(C)(C)C(C)(C)O2)ccc1Nc1nc(-c2ccc(F)nc2)nn1C. The first-order chi connectivity index (χ1) is 16.1. The number of nitrogens with zero attached hydrogens (tertiary/aromatic N) is 4. The van der Waals surface area contributed by atoms with Crippen molar-refractivity contribution < 1.29 is 23.2 Å². The molecule has 1 N–H and O–H groups in total. The monoisotopic (exact) mass is 469 g/mol. The van der Waals surface area contributed by atoms with Crippen LogP contribution in [0.15, 0.2) is 36.5 Å². The number of aryl methyl sites for hydroxylation is 1. The molecule has 34 heavy (non-hydrogen) atoms. The summed E-state index contributed by atoms with van der Waals surface area (Å²) in [5, 5.41) is 7.67. The molecule has 0 amide bonds. The molecule has 0 radical (unpaired) electrons. The van der Waals surface area contributed by atoms with Crippen LogP contribution in [-0.2, 0) is 21.1 Å². The third-order valence-corrected chi connectivity index (χ3v) is 6.07. The molecule has 1 aliphatic heterocycles. The number of hydrogen-bond donors (Lipinski definition) is 1. The zero-order chi connectivity index (χ0) is 24.5. The summed E-state index contributed by atoms with van der Waals surface area (Å²) < 4.78 is 38.3. The van der Waals surface area contributed by atoms with Gasteiger partial charge in [-0.15, -0.1) is 5.10 Å². The molecule has 0 saturated carbocycles. The Morgan fingerprint density at radius 2 is 1.82 bits per heavy atom. The first kappa shape index (κ1) is 24.1. The van der Waals surface area contributed by atoms with Gasteiger partial charge in [0.2, 0.25) is 11.9 Å². The lowest BCUT2D eigenvalue weighted by Crippen LogP contribution is -2.41. The van der Waals surface area contributed by atoms with Crippen molar-refractivity contribution in [2.45, 2.75) is 38.9 Å². The molecule has 1 aromatic carbocycles. The number of ether oxygens (including phenoxy) is 2. The van der Waals surface area contributed by atoms with Crippen LogP contribution in [0.2, 0.25) is 0 Å². The lowest BCUT2D eigenvalue weighted by Gasteiger charge is -2.32. The van der Waals surface area contributed by atoms with Crippen molar-refractivity contribution in [2.75, 3.05) is 25.6 Å². The fraction of sp³-hybridized carbons (Fsp3) is 0.435. The summed E-state index contributed by atoms with van der Waals surface area (Å²) in [5.74, 6) is 0.947. The van der Waals surface area contributed by atoms with Crippen molar-refractivity contribution in [2.24, 2.45) is 7.05 Å². The molecular formula is C23H29BFN5O4. The van der Waals surface area contributed by atoms with Crippen molar-refractivity contribution in [3.05, 3.63) is 42.5 Å². The summed E-state index contributed by atoms with van der Waals surface area (Å²) in [6.07, 6.45) is 1.40. The molecule has 1 aliphatic rings. The molecule has 3 heterocycles. The van der Waals surface area contributed by atoms with Crippen molar-refractivity contribution in [1.29, 1.82) is 0 Å². The van der Waals surface area contributed by atoms with E-state index >= 15 is 0 Å². The second-order valence-electron chi connectivity index (χ2n) is 9.06. The molecular weight excluding hydrogens is 440 g/mol. The number of halogens is 1. The van der Waals surface area contributed by atoms with Gasteiger partial charge in [-0.25, -0.2) is 9.67 Å². The van der Waals surface area contributed by atoms with E-state index < -0.39 is 24.3 Å². The third-order valence-electron chi connectivity index (χ3n) is 6.07. The van der Waals surface area contributed by atoms with E-state index in [0.717, 1.165) is 5.46 Å². The van der Waals surface area contributed by atoms with Crippen LogP contribution in [-0.4, -0.2) is 58.4 Å². The zero-order valence-electron chi connectivity index (χ0n) is 20.3. The van der Waals surface area contributed by atoms with Gasteiger partial charge in [-0.3, -0.25) is 0 Å². The Labute approximate surface area is 198 Å². The summed E-state index contributed by atoms with van der Waals surface area (Å²) in [6.45, 7) is 8.86. The Morgan fingerprint density at radius 1 is 1.09 bits per heavy atom. The Bertz CT molecular complexity index is 1140. The second-order valence-corrected chi connectivity index (χ2v) is 9.06. The predicted octanol–water partition coefficient (Wildman–Crippen LogP) is 3.08. The minimum Gasteiger partial charge on any atom is -0.489 e.